The summed E-state index contributed by atoms with van der Waals surface area (Å²) in [6, 6.07) is 9.42. The fourth-order valence-corrected chi connectivity index (χ4v) is 2.21. The van der Waals surface area contributed by atoms with Crippen LogP contribution in [-0.2, 0) is 20.7 Å². The molecule has 3 amide bonds. The Bertz CT molecular complexity index is 611. The molecular weight excluding hydrogens is 334 g/mol. The van der Waals surface area contributed by atoms with E-state index in [1.807, 2.05) is 30.3 Å². The molecule has 0 radical (unpaired) electrons. The van der Waals surface area contributed by atoms with E-state index in [4.69, 9.17) is 4.74 Å². The summed E-state index contributed by atoms with van der Waals surface area (Å²) >= 11 is 0. The fraction of sp³-hybridized carbons (Fsp3) is 0.526. The SMILES string of the molecule is CC(=O)NCC(=O)NCC(Cc1ccccc1)N(C)C(=O)OC(C)(C)C. The molecule has 7 nitrogen and oxygen atoms in total. The second-order valence-electron chi connectivity index (χ2n) is 7.15. The minimum atomic E-state index is -0.600. The maximum absolute atomic E-state index is 12.4. The Balaban J connectivity index is 2.76. The largest absolute Gasteiger partial charge is 0.444 e. The Morgan fingerprint density at radius 2 is 1.73 bits per heavy atom. The van der Waals surface area contributed by atoms with E-state index in [9.17, 15) is 14.4 Å². The highest BCUT2D eigenvalue weighted by Crippen LogP contribution is 2.13. The topological polar surface area (TPSA) is 87.7 Å². The van der Waals surface area contributed by atoms with Gasteiger partial charge >= 0.3 is 6.09 Å². The Morgan fingerprint density at radius 1 is 1.12 bits per heavy atom. The van der Waals surface area contributed by atoms with Gasteiger partial charge in [-0.25, -0.2) is 4.79 Å². The van der Waals surface area contributed by atoms with E-state index >= 15 is 0 Å². The number of amides is 3. The minimum absolute atomic E-state index is 0.0937. The molecule has 0 saturated heterocycles. The predicted molar refractivity (Wildman–Crippen MR) is 99.6 cm³/mol. The summed E-state index contributed by atoms with van der Waals surface area (Å²) in [7, 11) is 1.65. The molecule has 0 aliphatic rings. The van der Waals surface area contributed by atoms with Gasteiger partial charge in [0.15, 0.2) is 0 Å². The fourth-order valence-electron chi connectivity index (χ4n) is 2.21. The van der Waals surface area contributed by atoms with Gasteiger partial charge < -0.3 is 20.3 Å². The number of rotatable bonds is 7. The van der Waals surface area contributed by atoms with Gasteiger partial charge in [-0.05, 0) is 32.8 Å². The average molecular weight is 363 g/mol. The summed E-state index contributed by atoms with van der Waals surface area (Å²) in [5, 5.41) is 5.20. The summed E-state index contributed by atoms with van der Waals surface area (Å²) in [5.74, 6) is -0.581. The van der Waals surface area contributed by atoms with Crippen LogP contribution < -0.4 is 10.6 Å². The predicted octanol–water partition coefficient (Wildman–Crippen LogP) is 1.72. The first-order chi connectivity index (χ1) is 12.1. The second kappa shape index (κ2) is 9.79. The smallest absolute Gasteiger partial charge is 0.410 e. The molecular formula is C19H29N3O4. The van der Waals surface area contributed by atoms with E-state index in [0.717, 1.165) is 5.56 Å². The van der Waals surface area contributed by atoms with Gasteiger partial charge in [-0.1, -0.05) is 30.3 Å². The summed E-state index contributed by atoms with van der Waals surface area (Å²) in [6.07, 6.45) is 0.117. The number of ether oxygens (including phenoxy) is 1. The normalized spacial score (nSPS) is 12.0. The average Bonchev–Trinajstić information content (AvgIpc) is 2.55. The van der Waals surface area contributed by atoms with Crippen molar-refractivity contribution in [2.45, 2.75) is 45.8 Å². The molecule has 0 spiro atoms. The Labute approximate surface area is 155 Å². The van der Waals surface area contributed by atoms with Crippen LogP contribution in [0.1, 0.15) is 33.3 Å². The lowest BCUT2D eigenvalue weighted by Crippen LogP contribution is -2.49. The van der Waals surface area contributed by atoms with Gasteiger partial charge in [0, 0.05) is 20.5 Å². The van der Waals surface area contributed by atoms with Crippen LogP contribution in [0.5, 0.6) is 0 Å². The van der Waals surface area contributed by atoms with Crippen molar-refractivity contribution in [1.29, 1.82) is 0 Å². The van der Waals surface area contributed by atoms with Gasteiger partial charge in [0.2, 0.25) is 11.8 Å². The number of carbonyl (C=O) groups is 3. The molecule has 0 aromatic heterocycles. The van der Waals surface area contributed by atoms with Gasteiger partial charge in [-0.2, -0.15) is 0 Å². The molecule has 2 N–H and O–H groups in total. The first kappa shape index (κ1) is 21.5. The molecule has 0 aliphatic heterocycles. The molecule has 1 unspecified atom stereocenters. The van der Waals surface area contributed by atoms with Gasteiger partial charge in [0.1, 0.15) is 5.60 Å². The number of nitrogens with one attached hydrogen (secondary N) is 2. The maximum Gasteiger partial charge on any atom is 0.410 e. The van der Waals surface area contributed by atoms with Crippen LogP contribution in [-0.4, -0.2) is 54.6 Å². The maximum atomic E-state index is 12.4. The van der Waals surface area contributed by atoms with Crippen LogP contribution in [0, 0.1) is 0 Å². The van der Waals surface area contributed by atoms with Crippen molar-refractivity contribution in [3.05, 3.63) is 35.9 Å². The minimum Gasteiger partial charge on any atom is -0.444 e. The van der Waals surface area contributed by atoms with Crippen molar-refractivity contribution in [2.24, 2.45) is 0 Å². The molecule has 0 saturated carbocycles. The van der Waals surface area contributed by atoms with Gasteiger partial charge in [-0.3, -0.25) is 9.59 Å². The van der Waals surface area contributed by atoms with Crippen molar-refractivity contribution >= 4 is 17.9 Å². The summed E-state index contributed by atoms with van der Waals surface area (Å²) < 4.78 is 5.42. The third kappa shape index (κ3) is 8.50. The Kier molecular flexibility index (Phi) is 8.09. The van der Waals surface area contributed by atoms with E-state index in [-0.39, 0.29) is 30.9 Å². The zero-order valence-corrected chi connectivity index (χ0v) is 16.2. The molecule has 1 aromatic rings. The van der Waals surface area contributed by atoms with E-state index in [1.165, 1.54) is 11.8 Å². The first-order valence-electron chi connectivity index (χ1n) is 8.59. The Morgan fingerprint density at radius 3 is 2.27 bits per heavy atom. The van der Waals surface area contributed by atoms with Gasteiger partial charge in [0.05, 0.1) is 12.6 Å². The zero-order valence-electron chi connectivity index (χ0n) is 16.2. The van der Waals surface area contributed by atoms with E-state index < -0.39 is 11.7 Å². The number of nitrogens with zero attached hydrogens (tertiary/aromatic N) is 1. The Hall–Kier alpha value is -2.57. The molecule has 1 aromatic carbocycles. The van der Waals surface area contributed by atoms with Crippen LogP contribution in [0.25, 0.3) is 0 Å². The molecule has 0 aliphatic carbocycles. The highest BCUT2D eigenvalue weighted by Gasteiger charge is 2.26. The van der Waals surface area contributed by atoms with Crippen molar-refractivity contribution in [3.8, 4) is 0 Å². The third-order valence-corrected chi connectivity index (χ3v) is 3.58. The van der Waals surface area contributed by atoms with Crippen LogP contribution in [0.4, 0.5) is 4.79 Å². The molecule has 0 fully saturated rings. The lowest BCUT2D eigenvalue weighted by Gasteiger charge is -2.31. The zero-order chi connectivity index (χ0) is 19.7. The molecule has 144 valence electrons. The van der Waals surface area contributed by atoms with Gasteiger partial charge in [0.25, 0.3) is 0 Å². The standard InChI is InChI=1S/C19H29N3O4/c1-14(23)20-13-17(24)21-12-16(11-15-9-7-6-8-10-15)22(5)18(25)26-19(2,3)4/h6-10,16H,11-13H2,1-5H3,(H,20,23)(H,21,24). The molecule has 1 atom stereocenters. The number of hydrogen-bond acceptors (Lipinski definition) is 4. The second-order valence-corrected chi connectivity index (χ2v) is 7.15. The van der Waals surface area contributed by atoms with Gasteiger partial charge in [-0.15, -0.1) is 0 Å². The highest BCUT2D eigenvalue weighted by molar-refractivity contribution is 5.83. The van der Waals surface area contributed by atoms with E-state index in [0.29, 0.717) is 6.42 Å². The lowest BCUT2D eigenvalue weighted by molar-refractivity contribution is -0.125. The van der Waals surface area contributed by atoms with Crippen LogP contribution in [0.15, 0.2) is 30.3 Å². The molecule has 0 bridgehead atoms. The number of carbonyl (C=O) groups excluding carboxylic acids is 3. The van der Waals surface area contributed by atoms with Crippen LogP contribution >= 0.6 is 0 Å². The van der Waals surface area contributed by atoms with E-state index in [2.05, 4.69) is 10.6 Å². The molecule has 7 heteroatoms. The summed E-state index contributed by atoms with van der Waals surface area (Å²) in [6.45, 7) is 6.93. The quantitative estimate of drug-likeness (QED) is 0.772. The van der Waals surface area contributed by atoms with Crippen LogP contribution in [0.3, 0.4) is 0 Å². The van der Waals surface area contributed by atoms with E-state index in [1.54, 1.807) is 27.8 Å². The summed E-state index contributed by atoms with van der Waals surface area (Å²) in [5.41, 5.74) is 0.445. The monoisotopic (exact) mass is 363 g/mol. The molecule has 26 heavy (non-hydrogen) atoms. The van der Waals surface area contributed by atoms with Crippen molar-refractivity contribution in [3.63, 3.8) is 0 Å². The molecule has 0 heterocycles. The third-order valence-electron chi connectivity index (χ3n) is 3.58. The number of benzene rings is 1. The highest BCUT2D eigenvalue weighted by atomic mass is 16.6. The van der Waals surface area contributed by atoms with Crippen molar-refractivity contribution in [2.75, 3.05) is 20.1 Å². The first-order valence-corrected chi connectivity index (χ1v) is 8.59. The van der Waals surface area contributed by atoms with Crippen LogP contribution in [0.2, 0.25) is 0 Å². The lowest BCUT2D eigenvalue weighted by atomic mass is 10.0. The number of hydrogen-bond donors (Lipinski definition) is 2. The summed E-state index contributed by atoms with van der Waals surface area (Å²) in [4.78, 5) is 36.6. The number of likely N-dealkylation sites (N-methyl/N-ethyl adjacent to an activating group) is 1. The molecule has 1 rings (SSSR count). The van der Waals surface area contributed by atoms with Crippen molar-refractivity contribution < 1.29 is 19.1 Å². The van der Waals surface area contributed by atoms with Crippen molar-refractivity contribution in [1.82, 2.24) is 15.5 Å².